The van der Waals surface area contributed by atoms with Crippen LogP contribution in [0.3, 0.4) is 0 Å². The fourth-order valence-corrected chi connectivity index (χ4v) is 5.09. The highest BCUT2D eigenvalue weighted by atomic mass is 16.6. The summed E-state index contributed by atoms with van der Waals surface area (Å²) in [4.78, 5) is 25.2. The van der Waals surface area contributed by atoms with E-state index in [9.17, 15) is 14.7 Å². The van der Waals surface area contributed by atoms with Gasteiger partial charge in [0.2, 0.25) is 0 Å². The number of aliphatic hydroxyl groups is 1. The number of fused-ring (bicyclic) bond motifs is 2. The monoisotopic (exact) mass is 330 g/mol. The van der Waals surface area contributed by atoms with Crippen molar-refractivity contribution in [2.45, 2.75) is 51.2 Å². The van der Waals surface area contributed by atoms with Crippen LogP contribution in [0.5, 0.6) is 0 Å². The molecule has 1 N–H and O–H groups in total. The Morgan fingerprint density at radius 2 is 2.12 bits per heavy atom. The highest BCUT2D eigenvalue weighted by molar-refractivity contribution is 5.93. The SMILES string of the molecule is CC1=CC(=O)C[C@@H]2[C@]3(C[C@H](c4ccoc4)OC3=O)[C@H](C)CC[C@@]12O. The van der Waals surface area contributed by atoms with Gasteiger partial charge in [0, 0.05) is 24.3 Å². The van der Waals surface area contributed by atoms with E-state index in [4.69, 9.17) is 9.15 Å². The third kappa shape index (κ3) is 1.91. The van der Waals surface area contributed by atoms with E-state index in [-0.39, 0.29) is 30.2 Å². The summed E-state index contributed by atoms with van der Waals surface area (Å²) >= 11 is 0. The summed E-state index contributed by atoms with van der Waals surface area (Å²) in [6.45, 7) is 3.83. The van der Waals surface area contributed by atoms with Gasteiger partial charge in [0.05, 0.1) is 23.5 Å². The van der Waals surface area contributed by atoms with E-state index in [1.165, 1.54) is 6.08 Å². The number of cyclic esters (lactones) is 1. The van der Waals surface area contributed by atoms with Gasteiger partial charge in [-0.1, -0.05) is 6.92 Å². The van der Waals surface area contributed by atoms with Gasteiger partial charge in [-0.15, -0.1) is 0 Å². The average Bonchev–Trinajstić information content (AvgIpc) is 3.16. The molecule has 5 heteroatoms. The molecule has 1 aromatic rings. The second-order valence-electron chi connectivity index (χ2n) is 7.61. The first-order valence-corrected chi connectivity index (χ1v) is 8.55. The fraction of sp³-hybridized carbons (Fsp3) is 0.579. The summed E-state index contributed by atoms with van der Waals surface area (Å²) in [6.07, 6.45) is 6.32. The Labute approximate surface area is 140 Å². The molecule has 3 aliphatic rings. The number of allylic oxidation sites excluding steroid dienone is 1. The predicted molar refractivity (Wildman–Crippen MR) is 84.8 cm³/mol. The highest BCUT2D eigenvalue weighted by Crippen LogP contribution is 2.62. The van der Waals surface area contributed by atoms with Crippen LogP contribution in [-0.2, 0) is 14.3 Å². The van der Waals surface area contributed by atoms with E-state index >= 15 is 0 Å². The van der Waals surface area contributed by atoms with Crippen LogP contribution in [0.15, 0.2) is 34.7 Å². The molecule has 5 atom stereocenters. The maximum absolute atomic E-state index is 13.0. The number of hydrogen-bond acceptors (Lipinski definition) is 5. The molecule has 0 amide bonds. The van der Waals surface area contributed by atoms with E-state index in [2.05, 4.69) is 0 Å². The lowest BCUT2D eigenvalue weighted by atomic mass is 9.50. The molecule has 5 nitrogen and oxygen atoms in total. The molecule has 2 aliphatic carbocycles. The van der Waals surface area contributed by atoms with Crippen molar-refractivity contribution in [3.8, 4) is 0 Å². The van der Waals surface area contributed by atoms with Gasteiger partial charge in [-0.3, -0.25) is 9.59 Å². The van der Waals surface area contributed by atoms with Crippen LogP contribution in [0.2, 0.25) is 0 Å². The third-order valence-corrected chi connectivity index (χ3v) is 6.57. The first-order chi connectivity index (χ1) is 11.4. The van der Waals surface area contributed by atoms with Gasteiger partial charge in [-0.25, -0.2) is 0 Å². The summed E-state index contributed by atoms with van der Waals surface area (Å²) in [5.74, 6) is -0.663. The van der Waals surface area contributed by atoms with E-state index in [1.54, 1.807) is 25.5 Å². The van der Waals surface area contributed by atoms with Gasteiger partial charge in [0.25, 0.3) is 0 Å². The first-order valence-electron chi connectivity index (χ1n) is 8.55. The standard InChI is InChI=1S/C19H22O5/c1-11-3-5-19(22)12(2)7-14(20)8-16(19)18(11)9-15(24-17(18)21)13-4-6-23-10-13/h4,6-7,10-11,15-16,22H,3,5,8-9H2,1-2H3/t11-,15-,16-,18+,19-/m1/s1. The van der Waals surface area contributed by atoms with Crippen molar-refractivity contribution >= 4 is 11.8 Å². The summed E-state index contributed by atoms with van der Waals surface area (Å²) in [5, 5.41) is 11.3. The summed E-state index contributed by atoms with van der Waals surface area (Å²) in [6, 6.07) is 1.80. The zero-order valence-corrected chi connectivity index (χ0v) is 14.0. The minimum absolute atomic E-state index is 0.0183. The van der Waals surface area contributed by atoms with E-state index in [0.717, 1.165) is 12.0 Å². The number of carbonyl (C=O) groups is 2. The zero-order chi connectivity index (χ0) is 17.1. The Kier molecular flexibility index (Phi) is 3.29. The molecule has 128 valence electrons. The Morgan fingerprint density at radius 1 is 1.33 bits per heavy atom. The largest absolute Gasteiger partial charge is 0.472 e. The number of ether oxygens (including phenoxy) is 1. The normalized spacial score (nSPS) is 42.0. The zero-order valence-electron chi connectivity index (χ0n) is 14.0. The maximum atomic E-state index is 13.0. The molecule has 0 unspecified atom stereocenters. The molecule has 0 radical (unpaired) electrons. The van der Waals surface area contributed by atoms with Crippen LogP contribution in [0, 0.1) is 17.3 Å². The Bertz CT molecular complexity index is 718. The molecule has 2 fully saturated rings. The molecule has 2 heterocycles. The second kappa shape index (κ2) is 5.06. The van der Waals surface area contributed by atoms with E-state index < -0.39 is 16.9 Å². The Morgan fingerprint density at radius 3 is 2.83 bits per heavy atom. The Balaban J connectivity index is 1.79. The molecule has 0 bridgehead atoms. The molecule has 24 heavy (non-hydrogen) atoms. The predicted octanol–water partition coefficient (Wildman–Crippen LogP) is 2.95. The number of ketones is 1. The number of furan rings is 1. The molecule has 1 spiro atoms. The molecule has 1 aliphatic heterocycles. The lowest BCUT2D eigenvalue weighted by Gasteiger charge is -2.53. The third-order valence-electron chi connectivity index (χ3n) is 6.57. The first kappa shape index (κ1) is 15.6. The number of esters is 1. The van der Waals surface area contributed by atoms with Gasteiger partial charge in [-0.05, 0) is 43.4 Å². The van der Waals surface area contributed by atoms with Gasteiger partial charge >= 0.3 is 5.97 Å². The van der Waals surface area contributed by atoms with Crippen LogP contribution in [0.25, 0.3) is 0 Å². The summed E-state index contributed by atoms with van der Waals surface area (Å²) < 4.78 is 10.8. The molecule has 0 aromatic carbocycles. The van der Waals surface area contributed by atoms with Gasteiger partial charge in [-0.2, -0.15) is 0 Å². The van der Waals surface area contributed by atoms with Gasteiger partial charge in [0.15, 0.2) is 5.78 Å². The van der Waals surface area contributed by atoms with Crippen LogP contribution in [0.1, 0.15) is 51.2 Å². The topological polar surface area (TPSA) is 76.7 Å². The van der Waals surface area contributed by atoms with Crippen molar-refractivity contribution in [3.63, 3.8) is 0 Å². The molecule has 1 aromatic heterocycles. The molecule has 4 rings (SSSR count). The minimum atomic E-state index is -1.09. The lowest BCUT2D eigenvalue weighted by Crippen LogP contribution is -2.59. The Hall–Kier alpha value is -1.88. The van der Waals surface area contributed by atoms with Crippen molar-refractivity contribution in [1.82, 2.24) is 0 Å². The smallest absolute Gasteiger partial charge is 0.313 e. The van der Waals surface area contributed by atoms with Crippen molar-refractivity contribution < 1.29 is 23.8 Å². The van der Waals surface area contributed by atoms with Crippen molar-refractivity contribution in [3.05, 3.63) is 35.8 Å². The van der Waals surface area contributed by atoms with Crippen LogP contribution >= 0.6 is 0 Å². The molecule has 1 saturated carbocycles. The quantitative estimate of drug-likeness (QED) is 0.801. The van der Waals surface area contributed by atoms with Crippen LogP contribution in [0.4, 0.5) is 0 Å². The average molecular weight is 330 g/mol. The number of rotatable bonds is 1. The van der Waals surface area contributed by atoms with Gasteiger partial charge in [0.1, 0.15) is 6.10 Å². The van der Waals surface area contributed by atoms with Crippen LogP contribution < -0.4 is 0 Å². The minimum Gasteiger partial charge on any atom is -0.472 e. The lowest BCUT2D eigenvalue weighted by molar-refractivity contribution is -0.170. The number of hydrogen-bond donors (Lipinski definition) is 1. The second-order valence-corrected chi connectivity index (χ2v) is 7.61. The maximum Gasteiger partial charge on any atom is 0.313 e. The van der Waals surface area contributed by atoms with Crippen LogP contribution in [-0.4, -0.2) is 22.5 Å². The molecule has 1 saturated heterocycles. The summed E-state index contributed by atoms with van der Waals surface area (Å²) in [5.41, 5.74) is -0.407. The van der Waals surface area contributed by atoms with E-state index in [0.29, 0.717) is 18.4 Å². The van der Waals surface area contributed by atoms with E-state index in [1.807, 2.05) is 6.92 Å². The van der Waals surface area contributed by atoms with Crippen molar-refractivity contribution in [2.24, 2.45) is 17.3 Å². The van der Waals surface area contributed by atoms with Crippen molar-refractivity contribution in [2.75, 3.05) is 0 Å². The van der Waals surface area contributed by atoms with Gasteiger partial charge < -0.3 is 14.3 Å². The number of carbonyl (C=O) groups excluding carboxylic acids is 2. The summed E-state index contributed by atoms with van der Waals surface area (Å²) in [7, 11) is 0. The molecular formula is C19H22O5. The molecular weight excluding hydrogens is 308 g/mol. The van der Waals surface area contributed by atoms with Crippen molar-refractivity contribution in [1.29, 1.82) is 0 Å². The highest BCUT2D eigenvalue weighted by Gasteiger charge is 2.66. The fourth-order valence-electron chi connectivity index (χ4n) is 5.09.